The van der Waals surface area contributed by atoms with Gasteiger partial charge in [-0.2, -0.15) is 0 Å². The number of aromatic nitrogens is 1. The largest absolute Gasteiger partial charge is 0.309 e. The second kappa shape index (κ2) is 8.19. The van der Waals surface area contributed by atoms with E-state index >= 15 is 0 Å². The van der Waals surface area contributed by atoms with E-state index in [2.05, 4.69) is 144 Å². The molecule has 0 N–H and O–H groups in total. The molecule has 2 heteroatoms. The summed E-state index contributed by atoms with van der Waals surface area (Å²) >= 11 is 1.89. The van der Waals surface area contributed by atoms with Crippen LogP contribution in [-0.2, 0) is 0 Å². The fourth-order valence-electron chi connectivity index (χ4n) is 7.37. The second-order valence-electron chi connectivity index (χ2n) is 11.3. The molecule has 0 unspecified atom stereocenters. The number of rotatable bonds is 2. The average Bonchev–Trinajstić information content (AvgIpc) is 3.57. The molecule has 42 heavy (non-hydrogen) atoms. The Bertz CT molecular complexity index is 2560. The molecular weight excluding hydrogens is 527 g/mol. The Morgan fingerprint density at radius 3 is 1.90 bits per heavy atom. The van der Waals surface area contributed by atoms with Crippen LogP contribution < -0.4 is 0 Å². The van der Waals surface area contributed by atoms with E-state index in [1.165, 1.54) is 91.8 Å². The van der Waals surface area contributed by atoms with Gasteiger partial charge in [-0.25, -0.2) is 0 Å². The van der Waals surface area contributed by atoms with Crippen LogP contribution in [-0.4, -0.2) is 4.57 Å². The van der Waals surface area contributed by atoms with E-state index in [9.17, 15) is 0 Å². The summed E-state index contributed by atoms with van der Waals surface area (Å²) in [5.41, 5.74) is 11.5. The van der Waals surface area contributed by atoms with Crippen molar-refractivity contribution in [2.75, 3.05) is 0 Å². The highest BCUT2D eigenvalue weighted by Gasteiger charge is 2.24. The summed E-state index contributed by atoms with van der Waals surface area (Å²) in [7, 11) is 0. The Morgan fingerprint density at radius 1 is 0.405 bits per heavy atom. The lowest BCUT2D eigenvalue weighted by atomic mass is 9.93. The van der Waals surface area contributed by atoms with Crippen LogP contribution in [0, 0.1) is 0 Å². The summed E-state index contributed by atoms with van der Waals surface area (Å²) in [6, 6.07) is 51.6. The predicted octanol–water partition coefficient (Wildman–Crippen LogP) is 11.6. The van der Waals surface area contributed by atoms with Gasteiger partial charge < -0.3 is 4.57 Å². The number of fused-ring (bicyclic) bond motifs is 6. The molecule has 0 saturated heterocycles. The number of nitrogens with zero attached hydrogens (tertiary/aromatic N) is 1. The van der Waals surface area contributed by atoms with Crippen LogP contribution in [0.1, 0.15) is 0 Å². The van der Waals surface area contributed by atoms with Crippen molar-refractivity contribution >= 4 is 64.1 Å². The minimum absolute atomic E-state index is 1.19. The Labute approximate surface area is 246 Å². The van der Waals surface area contributed by atoms with Gasteiger partial charge in [-0.05, 0) is 74.5 Å². The minimum Gasteiger partial charge on any atom is -0.309 e. The Balaban J connectivity index is 1.24. The highest BCUT2D eigenvalue weighted by molar-refractivity contribution is 7.26. The van der Waals surface area contributed by atoms with Crippen LogP contribution in [0.3, 0.4) is 0 Å². The van der Waals surface area contributed by atoms with Crippen LogP contribution in [0.25, 0.3) is 91.8 Å². The van der Waals surface area contributed by atoms with Crippen molar-refractivity contribution in [3.05, 3.63) is 140 Å². The van der Waals surface area contributed by atoms with Crippen molar-refractivity contribution in [3.63, 3.8) is 0 Å². The summed E-state index contributed by atoms with van der Waals surface area (Å²) in [5, 5.41) is 8.01. The third-order valence-electron chi connectivity index (χ3n) is 9.15. The number of thiophene rings is 1. The number of hydrogen-bond acceptors (Lipinski definition) is 1. The molecule has 0 amide bonds. The predicted molar refractivity (Wildman–Crippen MR) is 181 cm³/mol. The Morgan fingerprint density at radius 2 is 1.05 bits per heavy atom. The molecule has 0 atom stereocenters. The van der Waals surface area contributed by atoms with E-state index in [0.29, 0.717) is 0 Å². The van der Waals surface area contributed by atoms with E-state index in [1.54, 1.807) is 0 Å². The van der Waals surface area contributed by atoms with Crippen LogP contribution in [0.4, 0.5) is 0 Å². The molecule has 0 fully saturated rings. The summed E-state index contributed by atoms with van der Waals surface area (Å²) in [6.07, 6.45) is 0. The van der Waals surface area contributed by atoms with E-state index in [-0.39, 0.29) is 0 Å². The van der Waals surface area contributed by atoms with Crippen LogP contribution in [0.15, 0.2) is 140 Å². The molecule has 1 aliphatic carbocycles. The maximum atomic E-state index is 2.46. The second-order valence-corrected chi connectivity index (χ2v) is 12.3. The highest BCUT2D eigenvalue weighted by Crippen LogP contribution is 2.49. The SMILES string of the molecule is c1ccc2c(c1)-c1cccc3ccc4c(c13)c1c-2cccc1n4-c1ccc(-c2cccc3c2sc2ccccc23)cc1. The minimum atomic E-state index is 1.19. The molecule has 0 spiro atoms. The topological polar surface area (TPSA) is 4.93 Å². The molecule has 194 valence electrons. The normalized spacial score (nSPS) is 12.3. The standard InChI is InChI=1S/C40H23NS/c1-2-10-29-28(9-1)31-13-5-8-25-20-23-35-39(37(25)31)38-32(29)14-7-16-34(38)41(35)26-21-18-24(19-22-26)27-12-6-15-33-30-11-3-4-17-36(30)42-40(27)33/h1-23H. The Hall–Kier alpha value is -5.18. The first-order chi connectivity index (χ1) is 20.8. The third-order valence-corrected chi connectivity index (χ3v) is 10.4. The van der Waals surface area contributed by atoms with Gasteiger partial charge in [0.1, 0.15) is 0 Å². The molecule has 1 nitrogen and oxygen atoms in total. The first-order valence-corrected chi connectivity index (χ1v) is 15.3. The zero-order valence-electron chi connectivity index (χ0n) is 22.6. The summed E-state index contributed by atoms with van der Waals surface area (Å²) in [4.78, 5) is 0. The zero-order valence-corrected chi connectivity index (χ0v) is 23.5. The van der Waals surface area contributed by atoms with Crippen LogP contribution in [0.2, 0.25) is 0 Å². The van der Waals surface area contributed by atoms with Gasteiger partial charge in [0.2, 0.25) is 0 Å². The molecule has 7 aromatic carbocycles. The average molecular weight is 550 g/mol. The van der Waals surface area contributed by atoms with Gasteiger partial charge in [0, 0.05) is 36.6 Å². The number of benzene rings is 7. The lowest BCUT2D eigenvalue weighted by Gasteiger charge is -2.14. The maximum absolute atomic E-state index is 2.46. The molecule has 0 saturated carbocycles. The van der Waals surface area contributed by atoms with Crippen molar-refractivity contribution in [2.45, 2.75) is 0 Å². The van der Waals surface area contributed by atoms with Crippen LogP contribution in [0.5, 0.6) is 0 Å². The highest BCUT2D eigenvalue weighted by atomic mass is 32.1. The quantitative estimate of drug-likeness (QED) is 0.202. The van der Waals surface area contributed by atoms with E-state index in [4.69, 9.17) is 0 Å². The van der Waals surface area contributed by atoms with Gasteiger partial charge in [-0.3, -0.25) is 0 Å². The molecule has 2 heterocycles. The summed E-state index contributed by atoms with van der Waals surface area (Å²) in [5.74, 6) is 0. The monoisotopic (exact) mass is 549 g/mol. The first kappa shape index (κ1) is 22.5. The molecule has 0 aliphatic heterocycles. The summed E-state index contributed by atoms with van der Waals surface area (Å²) < 4.78 is 5.15. The van der Waals surface area contributed by atoms with Gasteiger partial charge in [-0.1, -0.05) is 109 Å². The fourth-order valence-corrected chi connectivity index (χ4v) is 8.61. The van der Waals surface area contributed by atoms with Crippen molar-refractivity contribution < 1.29 is 0 Å². The lowest BCUT2D eigenvalue weighted by Crippen LogP contribution is -1.95. The van der Waals surface area contributed by atoms with Gasteiger partial charge >= 0.3 is 0 Å². The molecule has 9 aromatic rings. The van der Waals surface area contributed by atoms with Gasteiger partial charge in [0.05, 0.1) is 11.0 Å². The number of hydrogen-bond donors (Lipinski definition) is 0. The first-order valence-electron chi connectivity index (χ1n) is 14.4. The molecule has 0 bridgehead atoms. The molecule has 1 aliphatic rings. The van der Waals surface area contributed by atoms with Gasteiger partial charge in [-0.15, -0.1) is 11.3 Å². The van der Waals surface area contributed by atoms with Crippen molar-refractivity contribution in [3.8, 4) is 39.1 Å². The molecule has 10 rings (SSSR count). The van der Waals surface area contributed by atoms with Gasteiger partial charge in [0.15, 0.2) is 0 Å². The third kappa shape index (κ3) is 2.87. The van der Waals surface area contributed by atoms with E-state index in [1.807, 2.05) is 11.3 Å². The molecular formula is C40H23NS. The van der Waals surface area contributed by atoms with E-state index in [0.717, 1.165) is 0 Å². The van der Waals surface area contributed by atoms with Crippen molar-refractivity contribution in [1.82, 2.24) is 4.57 Å². The molecule has 2 aromatic heterocycles. The van der Waals surface area contributed by atoms with Gasteiger partial charge in [0.25, 0.3) is 0 Å². The van der Waals surface area contributed by atoms with E-state index < -0.39 is 0 Å². The zero-order chi connectivity index (χ0) is 27.4. The van der Waals surface area contributed by atoms with Crippen LogP contribution >= 0.6 is 11.3 Å². The lowest BCUT2D eigenvalue weighted by molar-refractivity contribution is 1.18. The van der Waals surface area contributed by atoms with Crippen molar-refractivity contribution in [1.29, 1.82) is 0 Å². The van der Waals surface area contributed by atoms with Crippen molar-refractivity contribution in [2.24, 2.45) is 0 Å². The maximum Gasteiger partial charge on any atom is 0.0547 e. The summed E-state index contributed by atoms with van der Waals surface area (Å²) in [6.45, 7) is 0. The smallest absolute Gasteiger partial charge is 0.0547 e. The Kier molecular flexibility index (Phi) is 4.39. The fraction of sp³-hybridized carbons (Fsp3) is 0. The molecule has 0 radical (unpaired) electrons.